The van der Waals surface area contributed by atoms with Gasteiger partial charge in [0.1, 0.15) is 5.54 Å². The lowest BCUT2D eigenvalue weighted by Gasteiger charge is -2.31. The SMILES string of the molecule is Cc1cccc(C(=O)OCC(=O)NC2(C#N)CCCCC2)c1N. The van der Waals surface area contributed by atoms with Crippen LogP contribution < -0.4 is 11.1 Å². The van der Waals surface area contributed by atoms with Gasteiger partial charge in [-0.05, 0) is 31.4 Å². The van der Waals surface area contributed by atoms with Gasteiger partial charge in [-0.1, -0.05) is 31.4 Å². The van der Waals surface area contributed by atoms with Gasteiger partial charge in [0.15, 0.2) is 6.61 Å². The van der Waals surface area contributed by atoms with E-state index in [0.717, 1.165) is 24.8 Å². The third-order valence-electron chi connectivity index (χ3n) is 4.18. The van der Waals surface area contributed by atoms with Gasteiger partial charge in [0.05, 0.1) is 11.6 Å². The molecule has 0 radical (unpaired) electrons. The van der Waals surface area contributed by atoms with Gasteiger partial charge in [0.25, 0.3) is 5.91 Å². The Kier molecular flexibility index (Phi) is 5.22. The van der Waals surface area contributed by atoms with Gasteiger partial charge in [0, 0.05) is 5.69 Å². The maximum Gasteiger partial charge on any atom is 0.340 e. The van der Waals surface area contributed by atoms with E-state index in [1.165, 1.54) is 0 Å². The molecule has 1 fully saturated rings. The Bertz CT molecular complexity index is 643. The fraction of sp³-hybridized carbons (Fsp3) is 0.471. The molecule has 0 unspecified atom stereocenters. The maximum atomic E-state index is 12.0. The molecule has 6 nitrogen and oxygen atoms in total. The predicted molar refractivity (Wildman–Crippen MR) is 85.4 cm³/mol. The van der Waals surface area contributed by atoms with Crippen LogP contribution in [0, 0.1) is 18.3 Å². The third-order valence-corrected chi connectivity index (χ3v) is 4.18. The molecule has 0 aromatic heterocycles. The van der Waals surface area contributed by atoms with Crippen LogP contribution in [0.15, 0.2) is 18.2 Å². The summed E-state index contributed by atoms with van der Waals surface area (Å²) in [6, 6.07) is 7.24. The smallest absolute Gasteiger partial charge is 0.340 e. The fourth-order valence-electron chi connectivity index (χ4n) is 2.79. The van der Waals surface area contributed by atoms with Gasteiger partial charge in [-0.25, -0.2) is 4.79 Å². The highest BCUT2D eigenvalue weighted by Gasteiger charge is 2.33. The Morgan fingerprint density at radius 2 is 2.04 bits per heavy atom. The fourth-order valence-corrected chi connectivity index (χ4v) is 2.79. The van der Waals surface area contributed by atoms with Gasteiger partial charge >= 0.3 is 5.97 Å². The van der Waals surface area contributed by atoms with Crippen molar-refractivity contribution >= 4 is 17.6 Å². The number of anilines is 1. The number of aryl methyl sites for hydroxylation is 1. The minimum Gasteiger partial charge on any atom is -0.452 e. The molecule has 0 aliphatic heterocycles. The van der Waals surface area contributed by atoms with Gasteiger partial charge in [-0.2, -0.15) is 5.26 Å². The number of para-hydroxylation sites is 1. The summed E-state index contributed by atoms with van der Waals surface area (Å²) in [6.45, 7) is 1.37. The lowest BCUT2D eigenvalue weighted by atomic mass is 9.83. The molecule has 6 heteroatoms. The molecule has 1 aliphatic rings. The number of carbonyl (C=O) groups excluding carboxylic acids is 2. The van der Waals surface area contributed by atoms with Crippen molar-refractivity contribution in [1.82, 2.24) is 5.32 Å². The van der Waals surface area contributed by atoms with Crippen molar-refractivity contribution in [3.05, 3.63) is 29.3 Å². The van der Waals surface area contributed by atoms with E-state index in [4.69, 9.17) is 10.5 Å². The zero-order chi connectivity index (χ0) is 16.9. The lowest BCUT2D eigenvalue weighted by molar-refractivity contribution is -0.125. The molecule has 0 atom stereocenters. The Balaban J connectivity index is 1.92. The second-order valence-electron chi connectivity index (χ2n) is 5.92. The number of nitriles is 1. The first-order chi connectivity index (χ1) is 11.0. The van der Waals surface area contributed by atoms with Crippen LogP contribution in [0.4, 0.5) is 5.69 Å². The molecule has 3 N–H and O–H groups in total. The molecule has 1 aromatic rings. The zero-order valence-corrected chi connectivity index (χ0v) is 13.2. The Morgan fingerprint density at radius 3 is 2.70 bits per heavy atom. The number of amides is 1. The molecule has 0 saturated heterocycles. The van der Waals surface area contributed by atoms with E-state index < -0.39 is 24.0 Å². The van der Waals surface area contributed by atoms with Crippen molar-refractivity contribution in [2.24, 2.45) is 0 Å². The average molecular weight is 315 g/mol. The zero-order valence-electron chi connectivity index (χ0n) is 13.2. The van der Waals surface area contributed by atoms with Crippen molar-refractivity contribution in [3.63, 3.8) is 0 Å². The van der Waals surface area contributed by atoms with Crippen LogP contribution in [0.3, 0.4) is 0 Å². The molecule has 1 amide bonds. The number of benzene rings is 1. The topological polar surface area (TPSA) is 105 Å². The molecule has 1 aromatic carbocycles. The van der Waals surface area contributed by atoms with E-state index in [-0.39, 0.29) is 5.56 Å². The molecular weight excluding hydrogens is 294 g/mol. The van der Waals surface area contributed by atoms with Crippen molar-refractivity contribution < 1.29 is 14.3 Å². The van der Waals surface area contributed by atoms with Crippen LogP contribution in [0.5, 0.6) is 0 Å². The van der Waals surface area contributed by atoms with E-state index >= 15 is 0 Å². The number of nitrogens with two attached hydrogens (primary N) is 1. The molecule has 23 heavy (non-hydrogen) atoms. The van der Waals surface area contributed by atoms with Crippen molar-refractivity contribution in [2.75, 3.05) is 12.3 Å². The number of hydrogen-bond donors (Lipinski definition) is 2. The number of esters is 1. The van der Waals surface area contributed by atoms with Gasteiger partial charge in [0.2, 0.25) is 0 Å². The number of nitrogens with one attached hydrogen (secondary N) is 1. The van der Waals surface area contributed by atoms with E-state index in [1.807, 2.05) is 0 Å². The van der Waals surface area contributed by atoms with Gasteiger partial charge < -0.3 is 15.8 Å². The molecule has 1 aliphatic carbocycles. The standard InChI is InChI=1S/C17H21N3O3/c1-12-6-5-7-13(15(12)19)16(22)23-10-14(21)20-17(11-18)8-3-2-4-9-17/h5-7H,2-4,8-10,19H2,1H3,(H,20,21). The molecular formula is C17H21N3O3. The van der Waals surface area contributed by atoms with Crippen LogP contribution in [0.1, 0.15) is 48.0 Å². The minimum absolute atomic E-state index is 0.241. The molecule has 0 bridgehead atoms. The number of nitrogens with zero attached hydrogens (tertiary/aromatic N) is 1. The Labute approximate surface area is 135 Å². The van der Waals surface area contributed by atoms with Crippen LogP contribution >= 0.6 is 0 Å². The quantitative estimate of drug-likeness (QED) is 0.653. The predicted octanol–water partition coefficient (Wildman–Crippen LogP) is 2.08. The Morgan fingerprint density at radius 1 is 1.35 bits per heavy atom. The maximum absolute atomic E-state index is 12.0. The summed E-state index contributed by atoms with van der Waals surface area (Å²) in [5.41, 5.74) is 6.37. The largest absolute Gasteiger partial charge is 0.452 e. The summed E-state index contributed by atoms with van der Waals surface area (Å²) < 4.78 is 5.02. The van der Waals surface area contributed by atoms with Crippen LogP contribution in [-0.4, -0.2) is 24.0 Å². The summed E-state index contributed by atoms with van der Waals surface area (Å²) in [5, 5.41) is 12.0. The van der Waals surface area contributed by atoms with E-state index in [9.17, 15) is 14.9 Å². The highest BCUT2D eigenvalue weighted by molar-refractivity contribution is 5.96. The summed E-state index contributed by atoms with van der Waals surface area (Å²) in [4.78, 5) is 24.0. The third kappa shape index (κ3) is 4.01. The van der Waals surface area contributed by atoms with E-state index in [0.29, 0.717) is 18.5 Å². The molecule has 122 valence electrons. The number of ether oxygens (including phenoxy) is 1. The van der Waals surface area contributed by atoms with Crippen LogP contribution in [-0.2, 0) is 9.53 Å². The van der Waals surface area contributed by atoms with E-state index in [2.05, 4.69) is 11.4 Å². The highest BCUT2D eigenvalue weighted by Crippen LogP contribution is 2.27. The summed E-state index contributed by atoms with van der Waals surface area (Å²) in [7, 11) is 0. The highest BCUT2D eigenvalue weighted by atomic mass is 16.5. The second-order valence-corrected chi connectivity index (χ2v) is 5.92. The van der Waals surface area contributed by atoms with Crippen LogP contribution in [0.25, 0.3) is 0 Å². The number of rotatable bonds is 4. The molecule has 1 saturated carbocycles. The van der Waals surface area contributed by atoms with Crippen molar-refractivity contribution in [2.45, 2.75) is 44.6 Å². The molecule has 2 rings (SSSR count). The number of nitrogen functional groups attached to an aromatic ring is 1. The van der Waals surface area contributed by atoms with Crippen molar-refractivity contribution in [1.29, 1.82) is 5.26 Å². The summed E-state index contributed by atoms with van der Waals surface area (Å²) in [6.07, 6.45) is 4.16. The first-order valence-electron chi connectivity index (χ1n) is 7.72. The number of hydrogen-bond acceptors (Lipinski definition) is 5. The summed E-state index contributed by atoms with van der Waals surface area (Å²) in [5.74, 6) is -1.11. The van der Waals surface area contributed by atoms with Gasteiger partial charge in [-0.15, -0.1) is 0 Å². The summed E-state index contributed by atoms with van der Waals surface area (Å²) >= 11 is 0. The molecule has 0 spiro atoms. The Hall–Kier alpha value is -2.55. The normalized spacial score (nSPS) is 16.2. The van der Waals surface area contributed by atoms with Crippen molar-refractivity contribution in [3.8, 4) is 6.07 Å². The minimum atomic E-state index is -0.829. The first-order valence-corrected chi connectivity index (χ1v) is 7.72. The number of carbonyl (C=O) groups is 2. The van der Waals surface area contributed by atoms with E-state index in [1.54, 1.807) is 25.1 Å². The van der Waals surface area contributed by atoms with Gasteiger partial charge in [-0.3, -0.25) is 4.79 Å². The van der Waals surface area contributed by atoms with Crippen LogP contribution in [0.2, 0.25) is 0 Å². The average Bonchev–Trinajstić information content (AvgIpc) is 2.56. The second kappa shape index (κ2) is 7.14. The lowest BCUT2D eigenvalue weighted by Crippen LogP contribution is -2.50. The monoisotopic (exact) mass is 315 g/mol. The molecule has 0 heterocycles. The first kappa shape index (κ1) is 16.8.